The molecule has 3 aromatic rings. The number of aromatic amines is 1. The van der Waals surface area contributed by atoms with Crippen molar-refractivity contribution < 1.29 is 5.11 Å². The van der Waals surface area contributed by atoms with Crippen molar-refractivity contribution in [2.75, 3.05) is 11.9 Å². The second-order valence-corrected chi connectivity index (χ2v) is 8.56. The Morgan fingerprint density at radius 3 is 2.80 bits per heavy atom. The van der Waals surface area contributed by atoms with Crippen molar-refractivity contribution >= 4 is 17.0 Å². The van der Waals surface area contributed by atoms with Gasteiger partial charge in [0.1, 0.15) is 11.6 Å². The van der Waals surface area contributed by atoms with E-state index in [0.29, 0.717) is 35.6 Å². The van der Waals surface area contributed by atoms with Gasteiger partial charge in [-0.15, -0.1) is 0 Å². The molecule has 2 fully saturated rings. The van der Waals surface area contributed by atoms with E-state index in [1.54, 1.807) is 24.0 Å². The van der Waals surface area contributed by atoms with Gasteiger partial charge >= 0.3 is 0 Å². The van der Waals surface area contributed by atoms with Crippen molar-refractivity contribution in [3.8, 4) is 0 Å². The Kier molecular flexibility index (Phi) is 5.04. The van der Waals surface area contributed by atoms with Crippen molar-refractivity contribution in [2.24, 2.45) is 7.05 Å². The lowest BCUT2D eigenvalue weighted by Crippen LogP contribution is -2.56. The summed E-state index contributed by atoms with van der Waals surface area (Å²) in [6.45, 7) is 0.616. The third-order valence-corrected chi connectivity index (χ3v) is 6.66. The lowest BCUT2D eigenvalue weighted by molar-refractivity contribution is -0.00433. The number of hydrogen-bond donors (Lipinski definition) is 3. The van der Waals surface area contributed by atoms with Gasteiger partial charge in [0.25, 0.3) is 5.56 Å². The summed E-state index contributed by atoms with van der Waals surface area (Å²) in [6, 6.07) is 8.60. The van der Waals surface area contributed by atoms with Crippen LogP contribution in [0.2, 0.25) is 0 Å². The molecule has 1 unspecified atom stereocenters. The number of nitrogens with one attached hydrogen (secondary N) is 2. The van der Waals surface area contributed by atoms with E-state index < -0.39 is 6.10 Å². The zero-order valence-corrected chi connectivity index (χ0v) is 17.2. The molecule has 8 nitrogen and oxygen atoms in total. The summed E-state index contributed by atoms with van der Waals surface area (Å²) < 4.78 is 1.59. The molecule has 0 radical (unpaired) electrons. The quantitative estimate of drug-likeness (QED) is 0.599. The van der Waals surface area contributed by atoms with Crippen LogP contribution in [0.25, 0.3) is 11.0 Å². The van der Waals surface area contributed by atoms with Crippen molar-refractivity contribution in [3.05, 3.63) is 52.7 Å². The van der Waals surface area contributed by atoms with Crippen LogP contribution >= 0.6 is 0 Å². The van der Waals surface area contributed by atoms with Gasteiger partial charge in [0, 0.05) is 44.1 Å². The van der Waals surface area contributed by atoms with Crippen LogP contribution in [0.15, 0.2) is 41.5 Å². The SMILES string of the molecule is Cn1c(NC2C[C@H]3CCC[C@@H](C2)N3C[C@H](O)c2ccccn2)nc2cc[nH]c2c1=O. The summed E-state index contributed by atoms with van der Waals surface area (Å²) in [5, 5.41) is 14.2. The molecule has 0 aromatic carbocycles. The van der Waals surface area contributed by atoms with E-state index in [-0.39, 0.29) is 11.6 Å². The maximum atomic E-state index is 12.6. The second kappa shape index (κ2) is 7.85. The van der Waals surface area contributed by atoms with Crippen LogP contribution in [-0.4, -0.2) is 54.2 Å². The summed E-state index contributed by atoms with van der Waals surface area (Å²) >= 11 is 0. The lowest BCUT2D eigenvalue weighted by Gasteiger charge is -2.49. The summed E-state index contributed by atoms with van der Waals surface area (Å²) in [5.41, 5.74) is 1.90. The third-order valence-electron chi connectivity index (χ3n) is 6.66. The summed E-state index contributed by atoms with van der Waals surface area (Å²) in [6.07, 6.45) is 8.35. The molecule has 0 aliphatic carbocycles. The third kappa shape index (κ3) is 3.50. The normalized spacial score (nSPS) is 25.3. The molecule has 2 saturated heterocycles. The highest BCUT2D eigenvalue weighted by Crippen LogP contribution is 2.36. The Morgan fingerprint density at radius 2 is 2.07 bits per heavy atom. The van der Waals surface area contributed by atoms with Crippen molar-refractivity contribution in [1.82, 2.24) is 24.4 Å². The molecule has 0 saturated carbocycles. The number of nitrogens with zero attached hydrogens (tertiary/aromatic N) is 4. The number of pyridine rings is 1. The summed E-state index contributed by atoms with van der Waals surface area (Å²) in [4.78, 5) is 27.0. The van der Waals surface area contributed by atoms with E-state index in [1.165, 1.54) is 6.42 Å². The number of aliphatic hydroxyl groups excluding tert-OH is 1. The van der Waals surface area contributed by atoms with Crippen molar-refractivity contribution in [1.29, 1.82) is 0 Å². The van der Waals surface area contributed by atoms with Gasteiger partial charge in [-0.05, 0) is 43.9 Å². The zero-order chi connectivity index (χ0) is 20.7. The van der Waals surface area contributed by atoms with Crippen LogP contribution in [0.4, 0.5) is 5.95 Å². The first-order valence-corrected chi connectivity index (χ1v) is 10.8. The number of H-pyrrole nitrogens is 1. The van der Waals surface area contributed by atoms with Crippen molar-refractivity contribution in [2.45, 2.75) is 56.3 Å². The molecule has 3 N–H and O–H groups in total. The first-order chi connectivity index (χ1) is 14.6. The first kappa shape index (κ1) is 19.3. The Hall–Kier alpha value is -2.71. The van der Waals surface area contributed by atoms with Gasteiger partial charge < -0.3 is 15.4 Å². The van der Waals surface area contributed by atoms with Gasteiger partial charge in [0.2, 0.25) is 5.95 Å². The van der Waals surface area contributed by atoms with E-state index in [0.717, 1.165) is 31.4 Å². The minimum absolute atomic E-state index is 0.0661. The summed E-state index contributed by atoms with van der Waals surface area (Å²) in [7, 11) is 1.76. The van der Waals surface area contributed by atoms with E-state index in [1.807, 2.05) is 24.3 Å². The van der Waals surface area contributed by atoms with Gasteiger partial charge in [0.05, 0.1) is 11.2 Å². The molecule has 30 heavy (non-hydrogen) atoms. The van der Waals surface area contributed by atoms with Crippen LogP contribution in [0.5, 0.6) is 0 Å². The largest absolute Gasteiger partial charge is 0.385 e. The predicted molar refractivity (Wildman–Crippen MR) is 115 cm³/mol. The number of fused-ring (bicyclic) bond motifs is 3. The minimum Gasteiger partial charge on any atom is -0.385 e. The smallest absolute Gasteiger partial charge is 0.278 e. The molecule has 2 aliphatic rings. The van der Waals surface area contributed by atoms with E-state index in [9.17, 15) is 9.90 Å². The highest BCUT2D eigenvalue weighted by molar-refractivity contribution is 5.75. The van der Waals surface area contributed by atoms with Crippen LogP contribution in [-0.2, 0) is 7.05 Å². The molecule has 5 rings (SSSR count). The molecule has 4 atom stereocenters. The summed E-state index contributed by atoms with van der Waals surface area (Å²) in [5.74, 6) is 0.622. The van der Waals surface area contributed by atoms with Gasteiger partial charge in [0.15, 0.2) is 0 Å². The minimum atomic E-state index is -0.572. The van der Waals surface area contributed by atoms with Crippen LogP contribution in [0.1, 0.15) is 43.9 Å². The molecule has 3 aromatic heterocycles. The van der Waals surface area contributed by atoms with Crippen LogP contribution in [0.3, 0.4) is 0 Å². The van der Waals surface area contributed by atoms with E-state index in [4.69, 9.17) is 0 Å². The second-order valence-electron chi connectivity index (χ2n) is 8.56. The van der Waals surface area contributed by atoms with Gasteiger partial charge in [-0.25, -0.2) is 4.98 Å². The fraction of sp³-hybridized carbons (Fsp3) is 0.500. The van der Waals surface area contributed by atoms with E-state index in [2.05, 4.69) is 25.2 Å². The average Bonchev–Trinajstić information content (AvgIpc) is 3.21. The number of hydrogen-bond acceptors (Lipinski definition) is 6. The number of aliphatic hydroxyl groups is 1. The topological polar surface area (TPSA) is 99.1 Å². The van der Waals surface area contributed by atoms with Gasteiger partial charge in [-0.3, -0.25) is 19.2 Å². The number of rotatable bonds is 5. The highest BCUT2D eigenvalue weighted by atomic mass is 16.3. The van der Waals surface area contributed by atoms with Crippen LogP contribution in [0, 0.1) is 0 Å². The molecule has 158 valence electrons. The highest BCUT2D eigenvalue weighted by Gasteiger charge is 2.39. The van der Waals surface area contributed by atoms with Crippen molar-refractivity contribution in [3.63, 3.8) is 0 Å². The molecular weight excluding hydrogens is 380 g/mol. The number of aromatic nitrogens is 4. The van der Waals surface area contributed by atoms with Gasteiger partial charge in [-0.2, -0.15) is 0 Å². The molecule has 2 aliphatic heterocycles. The molecule has 2 bridgehead atoms. The molecule has 0 spiro atoms. The number of anilines is 1. The molecule has 8 heteroatoms. The van der Waals surface area contributed by atoms with Gasteiger partial charge in [-0.1, -0.05) is 12.5 Å². The lowest BCUT2D eigenvalue weighted by atomic mass is 9.81. The Balaban J connectivity index is 1.32. The predicted octanol–water partition coefficient (Wildman–Crippen LogP) is 2.19. The Labute approximate surface area is 175 Å². The monoisotopic (exact) mass is 408 g/mol. The fourth-order valence-corrected chi connectivity index (χ4v) is 5.15. The molecule has 5 heterocycles. The maximum absolute atomic E-state index is 12.6. The van der Waals surface area contributed by atoms with E-state index >= 15 is 0 Å². The zero-order valence-electron chi connectivity index (χ0n) is 17.2. The average molecular weight is 409 g/mol. The fourth-order valence-electron chi connectivity index (χ4n) is 5.15. The standard InChI is InChI=1S/C22H28N6O2/c1-27-21(30)20-18(8-10-24-20)26-22(27)25-14-11-15-5-4-6-16(12-14)28(15)13-19(29)17-7-2-3-9-23-17/h2-3,7-10,14-16,19,24,29H,4-6,11-13H2,1H3,(H,25,26)/t14?,15-,16+,19-/m0/s1. The Bertz CT molecular complexity index is 1060. The first-order valence-electron chi connectivity index (χ1n) is 10.8. The molecular formula is C22H28N6O2. The number of piperidine rings is 2. The van der Waals surface area contributed by atoms with Crippen LogP contribution < -0.4 is 10.9 Å². The Morgan fingerprint density at radius 1 is 1.27 bits per heavy atom. The molecule has 0 amide bonds. The maximum Gasteiger partial charge on any atom is 0.278 e.